The van der Waals surface area contributed by atoms with Crippen molar-refractivity contribution in [3.05, 3.63) is 18.5 Å². The largest absolute Gasteiger partial charge is 0.314 e. The van der Waals surface area contributed by atoms with Gasteiger partial charge in [0.2, 0.25) is 0 Å². The van der Waals surface area contributed by atoms with Crippen molar-refractivity contribution in [2.75, 3.05) is 6.54 Å². The molecule has 0 saturated heterocycles. The number of aryl methyl sites for hydroxylation is 1. The zero-order valence-corrected chi connectivity index (χ0v) is 10.2. The van der Waals surface area contributed by atoms with Gasteiger partial charge in [0.15, 0.2) is 0 Å². The van der Waals surface area contributed by atoms with Crippen LogP contribution >= 0.6 is 0 Å². The van der Waals surface area contributed by atoms with Crippen LogP contribution in [0.25, 0.3) is 0 Å². The van der Waals surface area contributed by atoms with Gasteiger partial charge < -0.3 is 5.32 Å². The molecule has 1 aliphatic rings. The highest BCUT2D eigenvalue weighted by Crippen LogP contribution is 2.28. The van der Waals surface area contributed by atoms with Gasteiger partial charge in [-0.3, -0.25) is 4.68 Å². The van der Waals surface area contributed by atoms with E-state index in [2.05, 4.69) is 17.3 Å². The second-order valence-electron chi connectivity index (χ2n) is 5.00. The summed E-state index contributed by atoms with van der Waals surface area (Å²) in [7, 11) is 0. The summed E-state index contributed by atoms with van der Waals surface area (Å²) >= 11 is 0. The van der Waals surface area contributed by atoms with Gasteiger partial charge in [-0.25, -0.2) is 0 Å². The Morgan fingerprint density at radius 1 is 1.50 bits per heavy atom. The lowest BCUT2D eigenvalue weighted by atomic mass is 9.83. The van der Waals surface area contributed by atoms with Gasteiger partial charge in [-0.05, 0) is 38.3 Å². The van der Waals surface area contributed by atoms with Gasteiger partial charge in [-0.1, -0.05) is 19.3 Å². The Bertz CT molecular complexity index is 277. The minimum Gasteiger partial charge on any atom is -0.314 e. The van der Waals surface area contributed by atoms with Gasteiger partial charge in [0.05, 0.1) is 0 Å². The molecule has 3 heteroatoms. The maximum atomic E-state index is 4.21. The first kappa shape index (κ1) is 11.6. The average molecular weight is 221 g/mol. The monoisotopic (exact) mass is 221 g/mol. The Kier molecular flexibility index (Phi) is 4.40. The first-order chi connectivity index (χ1) is 7.84. The van der Waals surface area contributed by atoms with Crippen LogP contribution in [0.3, 0.4) is 0 Å². The van der Waals surface area contributed by atoms with Gasteiger partial charge in [0.1, 0.15) is 0 Å². The number of aromatic nitrogens is 2. The molecular formula is C13H23N3. The second kappa shape index (κ2) is 6.04. The molecule has 1 heterocycles. The maximum Gasteiger partial charge on any atom is 0.0489 e. The van der Waals surface area contributed by atoms with Crippen molar-refractivity contribution in [1.29, 1.82) is 0 Å². The van der Waals surface area contributed by atoms with Crippen LogP contribution in [0.2, 0.25) is 0 Å². The summed E-state index contributed by atoms with van der Waals surface area (Å²) in [5.74, 6) is 1.02. The predicted molar refractivity (Wildman–Crippen MR) is 66.3 cm³/mol. The summed E-state index contributed by atoms with van der Waals surface area (Å²) in [6, 6.07) is 2.58. The molecule has 0 amide bonds. The lowest BCUT2D eigenvalue weighted by molar-refractivity contribution is 0.286. The minimum absolute atomic E-state index is 0.601. The topological polar surface area (TPSA) is 29.9 Å². The fourth-order valence-electron chi connectivity index (χ4n) is 2.18. The normalized spacial score (nSPS) is 18.3. The van der Waals surface area contributed by atoms with Crippen molar-refractivity contribution < 1.29 is 0 Å². The molecule has 0 radical (unpaired) electrons. The smallest absolute Gasteiger partial charge is 0.0489 e. The summed E-state index contributed by atoms with van der Waals surface area (Å²) in [6.45, 7) is 4.47. The summed E-state index contributed by atoms with van der Waals surface area (Å²) in [4.78, 5) is 0. The van der Waals surface area contributed by atoms with Gasteiger partial charge in [-0.15, -0.1) is 0 Å². The summed E-state index contributed by atoms with van der Waals surface area (Å²) in [5, 5.41) is 7.81. The Morgan fingerprint density at radius 3 is 3.00 bits per heavy atom. The highest BCUT2D eigenvalue weighted by molar-refractivity contribution is 4.78. The molecule has 0 aliphatic heterocycles. The Labute approximate surface area is 98.2 Å². The molecule has 90 valence electrons. The molecule has 1 atom stereocenters. The van der Waals surface area contributed by atoms with Crippen molar-refractivity contribution in [3.63, 3.8) is 0 Å². The van der Waals surface area contributed by atoms with Gasteiger partial charge in [0.25, 0.3) is 0 Å². The van der Waals surface area contributed by atoms with E-state index in [9.17, 15) is 0 Å². The van der Waals surface area contributed by atoms with Gasteiger partial charge in [-0.2, -0.15) is 5.10 Å². The fourth-order valence-corrected chi connectivity index (χ4v) is 2.18. The lowest BCUT2D eigenvalue weighted by Crippen LogP contribution is -2.30. The number of hydrogen-bond acceptors (Lipinski definition) is 2. The molecule has 3 nitrogen and oxygen atoms in total. The zero-order chi connectivity index (χ0) is 11.2. The molecule has 1 aliphatic carbocycles. The quantitative estimate of drug-likeness (QED) is 0.766. The average Bonchev–Trinajstić information content (AvgIpc) is 2.71. The highest BCUT2D eigenvalue weighted by atomic mass is 15.3. The van der Waals surface area contributed by atoms with Crippen LogP contribution in [-0.4, -0.2) is 22.4 Å². The van der Waals surface area contributed by atoms with E-state index in [-0.39, 0.29) is 0 Å². The molecule has 0 spiro atoms. The number of rotatable bonds is 7. The summed E-state index contributed by atoms with van der Waals surface area (Å²) < 4.78 is 2.00. The SMILES string of the molecule is CC(CCn1cccn1)NCCC1CCC1. The van der Waals surface area contributed by atoms with E-state index >= 15 is 0 Å². The third-order valence-electron chi connectivity index (χ3n) is 3.62. The molecule has 1 fully saturated rings. The summed E-state index contributed by atoms with van der Waals surface area (Å²) in [5.41, 5.74) is 0. The van der Waals surface area contributed by atoms with E-state index < -0.39 is 0 Å². The molecule has 0 aromatic carbocycles. The molecular weight excluding hydrogens is 198 g/mol. The number of nitrogens with zero attached hydrogens (tertiary/aromatic N) is 2. The van der Waals surface area contributed by atoms with Crippen LogP contribution in [0.1, 0.15) is 39.0 Å². The first-order valence-electron chi connectivity index (χ1n) is 6.55. The molecule has 16 heavy (non-hydrogen) atoms. The van der Waals surface area contributed by atoms with Crippen LogP contribution in [0.4, 0.5) is 0 Å². The number of nitrogens with one attached hydrogen (secondary N) is 1. The van der Waals surface area contributed by atoms with Crippen LogP contribution in [0.15, 0.2) is 18.5 Å². The van der Waals surface area contributed by atoms with Crippen LogP contribution in [0, 0.1) is 5.92 Å². The van der Waals surface area contributed by atoms with Gasteiger partial charge >= 0.3 is 0 Å². The molecule has 0 bridgehead atoms. The van der Waals surface area contributed by atoms with E-state index in [1.807, 2.05) is 23.1 Å². The first-order valence-corrected chi connectivity index (χ1v) is 6.55. The van der Waals surface area contributed by atoms with E-state index in [4.69, 9.17) is 0 Å². The molecule has 1 aromatic rings. The molecule has 1 aromatic heterocycles. The Morgan fingerprint density at radius 2 is 2.38 bits per heavy atom. The molecule has 1 saturated carbocycles. The maximum absolute atomic E-state index is 4.21. The Hall–Kier alpha value is -0.830. The molecule has 1 N–H and O–H groups in total. The Balaban J connectivity index is 1.52. The van der Waals surface area contributed by atoms with E-state index in [0.29, 0.717) is 6.04 Å². The van der Waals surface area contributed by atoms with Crippen LogP contribution < -0.4 is 5.32 Å². The lowest BCUT2D eigenvalue weighted by Gasteiger charge is -2.26. The third-order valence-corrected chi connectivity index (χ3v) is 3.62. The van der Waals surface area contributed by atoms with E-state index in [0.717, 1.165) is 18.9 Å². The summed E-state index contributed by atoms with van der Waals surface area (Å²) in [6.07, 6.45) is 10.8. The molecule has 2 rings (SSSR count). The van der Waals surface area contributed by atoms with Crippen LogP contribution in [-0.2, 0) is 6.54 Å². The second-order valence-corrected chi connectivity index (χ2v) is 5.00. The zero-order valence-electron chi connectivity index (χ0n) is 10.2. The minimum atomic E-state index is 0.601. The van der Waals surface area contributed by atoms with E-state index in [1.54, 1.807) is 0 Å². The van der Waals surface area contributed by atoms with Crippen molar-refractivity contribution in [3.8, 4) is 0 Å². The van der Waals surface area contributed by atoms with Crippen molar-refractivity contribution in [1.82, 2.24) is 15.1 Å². The van der Waals surface area contributed by atoms with E-state index in [1.165, 1.54) is 32.2 Å². The van der Waals surface area contributed by atoms with Crippen molar-refractivity contribution >= 4 is 0 Å². The molecule has 1 unspecified atom stereocenters. The standard InChI is InChI=1S/C13H23N3/c1-12(7-11-16-10-3-8-15-16)14-9-6-13-4-2-5-13/h3,8,10,12-14H,2,4-7,9,11H2,1H3. The fraction of sp³-hybridized carbons (Fsp3) is 0.769. The van der Waals surface area contributed by atoms with Crippen molar-refractivity contribution in [2.45, 2.75) is 51.6 Å². The van der Waals surface area contributed by atoms with Crippen LogP contribution in [0.5, 0.6) is 0 Å². The highest BCUT2D eigenvalue weighted by Gasteiger charge is 2.16. The van der Waals surface area contributed by atoms with Gasteiger partial charge in [0, 0.05) is 25.0 Å². The third kappa shape index (κ3) is 3.63. The predicted octanol–water partition coefficient (Wildman–Crippen LogP) is 2.44. The van der Waals surface area contributed by atoms with Crippen molar-refractivity contribution in [2.24, 2.45) is 5.92 Å². The number of hydrogen-bond donors (Lipinski definition) is 1.